The first kappa shape index (κ1) is 12.9. The van der Waals surface area contributed by atoms with E-state index < -0.39 is 0 Å². The fourth-order valence-corrected chi connectivity index (χ4v) is 1.01. The number of ether oxygens (including phenoxy) is 1. The molecule has 0 aliphatic rings. The summed E-state index contributed by atoms with van der Waals surface area (Å²) in [5, 5.41) is 0. The van der Waals surface area contributed by atoms with Gasteiger partial charge < -0.3 is 4.74 Å². The number of carbonyl (C=O) groups is 1. The summed E-state index contributed by atoms with van der Waals surface area (Å²) in [4.78, 5) is 10.9. The Morgan fingerprint density at radius 3 is 2.50 bits per heavy atom. The maximum atomic E-state index is 10.9. The summed E-state index contributed by atoms with van der Waals surface area (Å²) >= 11 is 0. The second kappa shape index (κ2) is 10.0. The summed E-state index contributed by atoms with van der Waals surface area (Å²) in [7, 11) is 0. The van der Waals surface area contributed by atoms with Gasteiger partial charge in [-0.15, -0.1) is 0 Å². The molecular formula is C12H20O2. The summed E-state index contributed by atoms with van der Waals surface area (Å²) in [5.41, 5.74) is 0. The Kier molecular flexibility index (Phi) is 9.28. The molecular weight excluding hydrogens is 176 g/mol. The highest BCUT2D eigenvalue weighted by atomic mass is 16.5. The average molecular weight is 196 g/mol. The molecule has 2 nitrogen and oxygen atoms in total. The lowest BCUT2D eigenvalue weighted by Crippen LogP contribution is -1.98. The topological polar surface area (TPSA) is 26.3 Å². The Morgan fingerprint density at radius 2 is 1.86 bits per heavy atom. The third kappa shape index (κ3) is 9.04. The second-order valence-corrected chi connectivity index (χ2v) is 2.96. The van der Waals surface area contributed by atoms with Crippen molar-refractivity contribution in [2.45, 2.75) is 39.5 Å². The predicted molar refractivity (Wildman–Crippen MR) is 59.1 cm³/mol. The third-order valence-electron chi connectivity index (χ3n) is 1.68. The van der Waals surface area contributed by atoms with Gasteiger partial charge in [-0.25, -0.2) is 4.79 Å². The van der Waals surface area contributed by atoms with Crippen LogP contribution in [0.3, 0.4) is 0 Å². The van der Waals surface area contributed by atoms with Gasteiger partial charge in [-0.2, -0.15) is 0 Å². The van der Waals surface area contributed by atoms with E-state index in [1.54, 1.807) is 6.92 Å². The molecule has 0 aliphatic heterocycles. The lowest BCUT2D eigenvalue weighted by atomic mass is 10.2. The SMILES string of the molecule is CCC=CCCCC=CC(=O)OCC. The van der Waals surface area contributed by atoms with Crippen molar-refractivity contribution >= 4 is 5.97 Å². The molecule has 0 rings (SSSR count). The first-order valence-corrected chi connectivity index (χ1v) is 5.29. The fraction of sp³-hybridized carbons (Fsp3) is 0.583. The van der Waals surface area contributed by atoms with E-state index in [-0.39, 0.29) is 5.97 Å². The molecule has 0 unspecified atom stereocenters. The number of allylic oxidation sites excluding steroid dienone is 3. The minimum Gasteiger partial charge on any atom is -0.463 e. The van der Waals surface area contributed by atoms with E-state index in [2.05, 4.69) is 19.1 Å². The van der Waals surface area contributed by atoms with Crippen LogP contribution in [0.4, 0.5) is 0 Å². The number of rotatable bonds is 7. The minimum atomic E-state index is -0.239. The molecule has 0 N–H and O–H groups in total. The zero-order valence-corrected chi connectivity index (χ0v) is 9.16. The quantitative estimate of drug-likeness (QED) is 0.270. The number of esters is 1. The second-order valence-electron chi connectivity index (χ2n) is 2.96. The van der Waals surface area contributed by atoms with Crippen LogP contribution in [0.15, 0.2) is 24.3 Å². The average Bonchev–Trinajstić information content (AvgIpc) is 2.17. The van der Waals surface area contributed by atoms with Crippen molar-refractivity contribution in [3.8, 4) is 0 Å². The standard InChI is InChI=1S/C12H20O2/c1-3-5-6-7-8-9-10-11-12(13)14-4-2/h5-6,10-11H,3-4,7-9H2,1-2H3. The molecule has 0 radical (unpaired) electrons. The van der Waals surface area contributed by atoms with Gasteiger partial charge in [-0.05, 0) is 32.6 Å². The molecule has 0 atom stereocenters. The molecule has 0 saturated carbocycles. The van der Waals surface area contributed by atoms with Crippen LogP contribution in [0, 0.1) is 0 Å². The Hall–Kier alpha value is -1.05. The summed E-state index contributed by atoms with van der Waals surface area (Å²) in [6, 6.07) is 0. The molecule has 0 spiro atoms. The van der Waals surface area contributed by atoms with Gasteiger partial charge in [-0.1, -0.05) is 25.2 Å². The zero-order valence-electron chi connectivity index (χ0n) is 9.16. The summed E-state index contributed by atoms with van der Waals surface area (Å²) < 4.78 is 4.75. The molecule has 0 heterocycles. The highest BCUT2D eigenvalue weighted by Crippen LogP contribution is 1.98. The predicted octanol–water partition coefficient (Wildman–Crippen LogP) is 3.24. The van der Waals surface area contributed by atoms with E-state index in [0.717, 1.165) is 25.7 Å². The molecule has 0 aromatic heterocycles. The number of hydrogen-bond acceptors (Lipinski definition) is 2. The van der Waals surface area contributed by atoms with Gasteiger partial charge in [0.1, 0.15) is 0 Å². The number of unbranched alkanes of at least 4 members (excludes halogenated alkanes) is 2. The first-order valence-electron chi connectivity index (χ1n) is 5.29. The van der Waals surface area contributed by atoms with E-state index in [1.807, 2.05) is 6.08 Å². The molecule has 0 fully saturated rings. The van der Waals surface area contributed by atoms with Crippen LogP contribution < -0.4 is 0 Å². The Balaban J connectivity index is 3.35. The highest BCUT2D eigenvalue weighted by Gasteiger charge is 1.91. The lowest BCUT2D eigenvalue weighted by Gasteiger charge is -1.94. The molecule has 0 aromatic rings. The molecule has 0 amide bonds. The summed E-state index contributed by atoms with van der Waals surface area (Å²) in [6.45, 7) is 4.38. The zero-order chi connectivity index (χ0) is 10.6. The molecule has 0 aromatic carbocycles. The fourth-order valence-electron chi connectivity index (χ4n) is 1.01. The lowest BCUT2D eigenvalue weighted by molar-refractivity contribution is -0.137. The van der Waals surface area contributed by atoms with E-state index in [0.29, 0.717) is 6.61 Å². The van der Waals surface area contributed by atoms with Gasteiger partial charge in [0, 0.05) is 6.08 Å². The van der Waals surface area contributed by atoms with Crippen LogP contribution in [0.1, 0.15) is 39.5 Å². The monoisotopic (exact) mass is 196 g/mol. The van der Waals surface area contributed by atoms with Gasteiger partial charge in [0.05, 0.1) is 6.61 Å². The van der Waals surface area contributed by atoms with Crippen molar-refractivity contribution in [1.29, 1.82) is 0 Å². The highest BCUT2D eigenvalue weighted by molar-refractivity contribution is 5.81. The minimum absolute atomic E-state index is 0.239. The maximum Gasteiger partial charge on any atom is 0.330 e. The van der Waals surface area contributed by atoms with Crippen molar-refractivity contribution in [2.75, 3.05) is 6.61 Å². The van der Waals surface area contributed by atoms with Crippen LogP contribution in [-0.4, -0.2) is 12.6 Å². The van der Waals surface area contributed by atoms with Crippen molar-refractivity contribution in [3.63, 3.8) is 0 Å². The van der Waals surface area contributed by atoms with Gasteiger partial charge in [-0.3, -0.25) is 0 Å². The van der Waals surface area contributed by atoms with Crippen LogP contribution >= 0.6 is 0 Å². The van der Waals surface area contributed by atoms with E-state index in [9.17, 15) is 4.79 Å². The Bertz CT molecular complexity index is 192. The summed E-state index contributed by atoms with van der Waals surface area (Å²) in [6.07, 6.45) is 11.9. The molecule has 0 saturated heterocycles. The van der Waals surface area contributed by atoms with E-state index in [1.165, 1.54) is 6.08 Å². The number of hydrogen-bond donors (Lipinski definition) is 0. The van der Waals surface area contributed by atoms with Crippen molar-refractivity contribution < 1.29 is 9.53 Å². The normalized spacial score (nSPS) is 11.3. The van der Waals surface area contributed by atoms with E-state index >= 15 is 0 Å². The van der Waals surface area contributed by atoms with Gasteiger partial charge in [0.15, 0.2) is 0 Å². The van der Waals surface area contributed by atoms with Crippen molar-refractivity contribution in [3.05, 3.63) is 24.3 Å². The molecule has 2 heteroatoms. The smallest absolute Gasteiger partial charge is 0.330 e. The van der Waals surface area contributed by atoms with Crippen LogP contribution in [0.5, 0.6) is 0 Å². The Morgan fingerprint density at radius 1 is 1.14 bits per heavy atom. The van der Waals surface area contributed by atoms with Crippen LogP contribution in [-0.2, 0) is 9.53 Å². The van der Waals surface area contributed by atoms with Gasteiger partial charge in [0.25, 0.3) is 0 Å². The van der Waals surface area contributed by atoms with Gasteiger partial charge in [0.2, 0.25) is 0 Å². The maximum absolute atomic E-state index is 10.9. The molecule has 0 aliphatic carbocycles. The largest absolute Gasteiger partial charge is 0.463 e. The van der Waals surface area contributed by atoms with Crippen LogP contribution in [0.25, 0.3) is 0 Å². The van der Waals surface area contributed by atoms with Crippen molar-refractivity contribution in [2.24, 2.45) is 0 Å². The first-order chi connectivity index (χ1) is 6.81. The Labute approximate surface area is 86.6 Å². The van der Waals surface area contributed by atoms with Gasteiger partial charge >= 0.3 is 5.97 Å². The summed E-state index contributed by atoms with van der Waals surface area (Å²) in [5.74, 6) is -0.239. The molecule has 0 bridgehead atoms. The molecule has 80 valence electrons. The number of carbonyl (C=O) groups excluding carboxylic acids is 1. The van der Waals surface area contributed by atoms with Crippen molar-refractivity contribution in [1.82, 2.24) is 0 Å². The third-order valence-corrected chi connectivity index (χ3v) is 1.68. The van der Waals surface area contributed by atoms with Crippen LogP contribution in [0.2, 0.25) is 0 Å². The molecule has 14 heavy (non-hydrogen) atoms. The van der Waals surface area contributed by atoms with E-state index in [4.69, 9.17) is 4.74 Å².